The zero-order chi connectivity index (χ0) is 10.7. The van der Waals surface area contributed by atoms with Crippen molar-refractivity contribution in [1.29, 1.82) is 5.26 Å². The van der Waals surface area contributed by atoms with Crippen LogP contribution in [0.3, 0.4) is 0 Å². The van der Waals surface area contributed by atoms with Gasteiger partial charge in [-0.3, -0.25) is 4.79 Å². The van der Waals surface area contributed by atoms with Crippen molar-refractivity contribution in [2.24, 2.45) is 0 Å². The predicted molar refractivity (Wildman–Crippen MR) is 51.5 cm³/mol. The van der Waals surface area contributed by atoms with Crippen LogP contribution in [0.4, 0.5) is 0 Å². The van der Waals surface area contributed by atoms with Crippen molar-refractivity contribution < 1.29 is 4.79 Å². The zero-order valence-corrected chi connectivity index (χ0v) is 7.66. The molecule has 0 unspecified atom stereocenters. The van der Waals surface area contributed by atoms with E-state index < -0.39 is 0 Å². The van der Waals surface area contributed by atoms with E-state index in [0.717, 1.165) is 6.29 Å². The summed E-state index contributed by atoms with van der Waals surface area (Å²) < 4.78 is 0. The van der Waals surface area contributed by atoms with Crippen LogP contribution in [0.5, 0.6) is 0 Å². The first-order chi connectivity index (χ1) is 7.33. The molecule has 0 fully saturated rings. The van der Waals surface area contributed by atoms with Gasteiger partial charge in [0.05, 0.1) is 11.9 Å². The van der Waals surface area contributed by atoms with Gasteiger partial charge in [-0.25, -0.2) is 0 Å². The number of aldehydes is 1. The smallest absolute Gasteiger partial charge is 0.183 e. The van der Waals surface area contributed by atoms with Crippen LogP contribution in [0.2, 0.25) is 0 Å². The minimum atomic E-state index is 0.259. The van der Waals surface area contributed by atoms with Crippen molar-refractivity contribution in [2.45, 2.75) is 0 Å². The maximum Gasteiger partial charge on any atom is 0.183 e. The van der Waals surface area contributed by atoms with Gasteiger partial charge in [-0.15, -0.1) is 5.10 Å². The second-order valence-electron chi connectivity index (χ2n) is 2.84. The molecule has 0 atom stereocenters. The fraction of sp³-hybridized carbons (Fsp3) is 0. The van der Waals surface area contributed by atoms with Crippen molar-refractivity contribution in [3.63, 3.8) is 0 Å². The molecule has 1 aromatic heterocycles. The molecule has 0 aliphatic heterocycles. The minimum absolute atomic E-state index is 0.259. The number of carbonyl (C=O) groups excluding carboxylic acids is 1. The van der Waals surface area contributed by atoms with Crippen LogP contribution < -0.4 is 0 Å². The minimum Gasteiger partial charge on any atom is -0.298 e. The maximum absolute atomic E-state index is 10.4. The van der Waals surface area contributed by atoms with Crippen molar-refractivity contribution in [3.8, 4) is 11.8 Å². The highest BCUT2D eigenvalue weighted by molar-refractivity contribution is 5.75. The van der Waals surface area contributed by atoms with Gasteiger partial charge >= 0.3 is 0 Å². The third-order valence-corrected chi connectivity index (χ3v) is 1.87. The summed E-state index contributed by atoms with van der Waals surface area (Å²) in [4.78, 5) is 11.8. The second-order valence-corrected chi connectivity index (χ2v) is 2.84. The first kappa shape index (κ1) is 9.09. The Morgan fingerprint density at radius 3 is 2.60 bits per heavy atom. The van der Waals surface area contributed by atoms with Crippen LogP contribution in [-0.4, -0.2) is 21.3 Å². The fourth-order valence-electron chi connectivity index (χ4n) is 1.12. The van der Waals surface area contributed by atoms with Crippen molar-refractivity contribution in [2.75, 3.05) is 0 Å². The summed E-state index contributed by atoms with van der Waals surface area (Å²) in [6.45, 7) is 0. The van der Waals surface area contributed by atoms with E-state index >= 15 is 0 Å². The van der Waals surface area contributed by atoms with Crippen molar-refractivity contribution in [1.82, 2.24) is 15.0 Å². The standard InChI is InChI=1S/C10H6N4O/c11-5-9-6-12-14(13-9)10-3-1-8(7-15)2-4-10/h1-4,6-7H. The van der Waals surface area contributed by atoms with Gasteiger partial charge in [0.1, 0.15) is 12.4 Å². The van der Waals surface area contributed by atoms with Gasteiger partial charge in [-0.2, -0.15) is 15.2 Å². The van der Waals surface area contributed by atoms with Gasteiger partial charge in [-0.1, -0.05) is 0 Å². The number of carbonyl (C=O) groups is 1. The summed E-state index contributed by atoms with van der Waals surface area (Å²) in [5.74, 6) is 0. The van der Waals surface area contributed by atoms with Gasteiger partial charge in [0.15, 0.2) is 5.69 Å². The molecule has 5 heteroatoms. The van der Waals surface area contributed by atoms with Crippen LogP contribution in [-0.2, 0) is 0 Å². The Bertz CT molecular complexity index is 521. The SMILES string of the molecule is N#Cc1cnn(-c2ccc(C=O)cc2)n1. The van der Waals surface area contributed by atoms with Crippen LogP contribution in [0.15, 0.2) is 30.5 Å². The van der Waals surface area contributed by atoms with E-state index in [-0.39, 0.29) is 5.69 Å². The Labute approximate surface area is 85.6 Å². The highest BCUT2D eigenvalue weighted by Crippen LogP contribution is 2.06. The topological polar surface area (TPSA) is 71.6 Å². The van der Waals surface area contributed by atoms with E-state index in [1.165, 1.54) is 11.0 Å². The summed E-state index contributed by atoms with van der Waals surface area (Å²) >= 11 is 0. The summed E-state index contributed by atoms with van der Waals surface area (Å²) in [6.07, 6.45) is 2.15. The van der Waals surface area contributed by atoms with Crippen molar-refractivity contribution in [3.05, 3.63) is 41.7 Å². The number of nitriles is 1. The largest absolute Gasteiger partial charge is 0.298 e. The lowest BCUT2D eigenvalue weighted by Crippen LogP contribution is -1.98. The predicted octanol–water partition coefficient (Wildman–Crippen LogP) is 0.951. The lowest BCUT2D eigenvalue weighted by atomic mass is 10.2. The molecule has 0 saturated carbocycles. The lowest BCUT2D eigenvalue weighted by molar-refractivity contribution is 0.112. The molecule has 5 nitrogen and oxygen atoms in total. The molecule has 0 spiro atoms. The number of rotatable bonds is 2. The van der Waals surface area contributed by atoms with Crippen LogP contribution in [0.1, 0.15) is 16.1 Å². The van der Waals surface area contributed by atoms with E-state index in [9.17, 15) is 4.79 Å². The van der Waals surface area contributed by atoms with E-state index in [2.05, 4.69) is 10.2 Å². The number of hydrogen-bond acceptors (Lipinski definition) is 4. The molecule has 1 aromatic carbocycles. The summed E-state index contributed by atoms with van der Waals surface area (Å²) in [6, 6.07) is 8.64. The molecule has 15 heavy (non-hydrogen) atoms. The first-order valence-electron chi connectivity index (χ1n) is 4.21. The Hall–Kier alpha value is -2.48. The highest BCUT2D eigenvalue weighted by Gasteiger charge is 2.01. The number of hydrogen-bond donors (Lipinski definition) is 0. The monoisotopic (exact) mass is 198 g/mol. The van der Waals surface area contributed by atoms with Crippen LogP contribution in [0, 0.1) is 11.3 Å². The third kappa shape index (κ3) is 1.74. The number of nitrogens with zero attached hydrogens (tertiary/aromatic N) is 4. The Morgan fingerprint density at radius 1 is 1.33 bits per heavy atom. The van der Waals surface area contributed by atoms with Gasteiger partial charge in [0, 0.05) is 5.56 Å². The van der Waals surface area contributed by atoms with E-state index in [1.807, 2.05) is 6.07 Å². The molecule has 0 bridgehead atoms. The molecule has 0 N–H and O–H groups in total. The molecule has 72 valence electrons. The molecule has 2 rings (SSSR count). The molecular weight excluding hydrogens is 192 g/mol. The molecule has 0 aliphatic rings. The Morgan fingerprint density at radius 2 is 2.07 bits per heavy atom. The normalized spacial score (nSPS) is 9.53. The molecule has 2 aromatic rings. The average Bonchev–Trinajstić information content (AvgIpc) is 2.78. The number of benzene rings is 1. The van der Waals surface area contributed by atoms with E-state index in [1.54, 1.807) is 24.3 Å². The molecular formula is C10H6N4O. The van der Waals surface area contributed by atoms with Crippen LogP contribution in [0.25, 0.3) is 5.69 Å². The molecule has 0 amide bonds. The van der Waals surface area contributed by atoms with E-state index in [4.69, 9.17) is 5.26 Å². The molecule has 0 radical (unpaired) electrons. The third-order valence-electron chi connectivity index (χ3n) is 1.87. The molecule has 0 aliphatic carbocycles. The highest BCUT2D eigenvalue weighted by atomic mass is 16.1. The molecule has 0 saturated heterocycles. The van der Waals surface area contributed by atoms with Gasteiger partial charge in [0.2, 0.25) is 0 Å². The first-order valence-corrected chi connectivity index (χ1v) is 4.21. The number of aromatic nitrogens is 3. The summed E-state index contributed by atoms with van der Waals surface area (Å²) in [7, 11) is 0. The maximum atomic E-state index is 10.4. The van der Waals surface area contributed by atoms with Crippen molar-refractivity contribution >= 4 is 6.29 Å². The van der Waals surface area contributed by atoms with Gasteiger partial charge < -0.3 is 0 Å². The van der Waals surface area contributed by atoms with Gasteiger partial charge in [-0.05, 0) is 24.3 Å². The summed E-state index contributed by atoms with van der Waals surface area (Å²) in [5.41, 5.74) is 1.56. The zero-order valence-electron chi connectivity index (χ0n) is 7.66. The van der Waals surface area contributed by atoms with Gasteiger partial charge in [0.25, 0.3) is 0 Å². The Kier molecular flexibility index (Phi) is 2.25. The Balaban J connectivity index is 2.37. The quantitative estimate of drug-likeness (QED) is 0.673. The fourth-order valence-corrected chi connectivity index (χ4v) is 1.12. The second kappa shape index (κ2) is 3.72. The van der Waals surface area contributed by atoms with E-state index in [0.29, 0.717) is 11.3 Å². The average molecular weight is 198 g/mol. The molecule has 1 heterocycles. The lowest BCUT2D eigenvalue weighted by Gasteiger charge is -1.98. The van der Waals surface area contributed by atoms with Crippen LogP contribution >= 0.6 is 0 Å². The summed E-state index contributed by atoms with van der Waals surface area (Å²) in [5, 5.41) is 16.4.